The number of rotatable bonds is 10. The number of alkyl halides is 3. The Hall–Kier alpha value is -3.48. The van der Waals surface area contributed by atoms with Crippen LogP contribution >= 0.6 is 0 Å². The van der Waals surface area contributed by atoms with Gasteiger partial charge in [0.2, 0.25) is 0 Å². The predicted molar refractivity (Wildman–Crippen MR) is 155 cm³/mol. The maximum absolute atomic E-state index is 13.1. The van der Waals surface area contributed by atoms with Crippen molar-refractivity contribution in [2.24, 2.45) is 0 Å². The van der Waals surface area contributed by atoms with Gasteiger partial charge in [-0.25, -0.2) is 13.4 Å². The number of nitrogens with zero attached hydrogens (tertiary/aromatic N) is 2. The van der Waals surface area contributed by atoms with Crippen LogP contribution < -0.4 is 10.2 Å². The summed E-state index contributed by atoms with van der Waals surface area (Å²) in [6.07, 6.45) is -1.38. The molecule has 230 valence electrons. The van der Waals surface area contributed by atoms with E-state index >= 15 is 0 Å². The number of hydrogen-bond donors (Lipinski definition) is 1. The molecule has 5 rings (SSSR count). The zero-order chi connectivity index (χ0) is 30.6. The normalized spacial score (nSPS) is 20.8. The number of nitrogens with one attached hydrogen (secondary N) is 1. The van der Waals surface area contributed by atoms with E-state index in [1.54, 1.807) is 31.2 Å². The molecule has 1 N–H and O–H groups in total. The Morgan fingerprint density at radius 1 is 1.09 bits per heavy atom. The zero-order valence-corrected chi connectivity index (χ0v) is 24.5. The third-order valence-electron chi connectivity index (χ3n) is 7.96. The summed E-state index contributed by atoms with van der Waals surface area (Å²) in [6, 6.07) is 15.1. The van der Waals surface area contributed by atoms with E-state index in [0.717, 1.165) is 29.7 Å². The molecule has 0 saturated carbocycles. The third kappa shape index (κ3) is 7.54. The molecule has 0 radical (unpaired) electrons. The summed E-state index contributed by atoms with van der Waals surface area (Å²) in [4.78, 5) is 19.7. The molecule has 8 nitrogen and oxygen atoms in total. The number of amides is 1. The summed E-state index contributed by atoms with van der Waals surface area (Å²) in [5.41, 5.74) is 1.27. The van der Waals surface area contributed by atoms with Crippen molar-refractivity contribution >= 4 is 21.6 Å². The van der Waals surface area contributed by atoms with Crippen molar-refractivity contribution < 1.29 is 35.9 Å². The summed E-state index contributed by atoms with van der Waals surface area (Å²) in [7, 11) is -3.29. The fourth-order valence-electron chi connectivity index (χ4n) is 5.39. The van der Waals surface area contributed by atoms with Gasteiger partial charge in [-0.05, 0) is 60.4 Å². The van der Waals surface area contributed by atoms with Gasteiger partial charge < -0.3 is 19.7 Å². The van der Waals surface area contributed by atoms with Gasteiger partial charge in [0.1, 0.15) is 5.82 Å². The van der Waals surface area contributed by atoms with Crippen LogP contribution in [0.1, 0.15) is 52.7 Å². The van der Waals surface area contributed by atoms with Crippen LogP contribution in [0, 0.1) is 0 Å². The maximum Gasteiger partial charge on any atom is 0.416 e. The smallest absolute Gasteiger partial charge is 0.379 e. The lowest BCUT2D eigenvalue weighted by atomic mass is 9.95. The van der Waals surface area contributed by atoms with Gasteiger partial charge in [0, 0.05) is 31.8 Å². The number of ether oxygens (including phenoxy) is 2. The van der Waals surface area contributed by atoms with Crippen molar-refractivity contribution in [1.82, 2.24) is 10.3 Å². The average molecular weight is 618 g/mol. The Morgan fingerprint density at radius 3 is 2.44 bits per heavy atom. The zero-order valence-electron chi connectivity index (χ0n) is 23.7. The molecule has 2 saturated heterocycles. The fraction of sp³-hybridized carbons (Fsp3) is 0.419. The van der Waals surface area contributed by atoms with Crippen LogP contribution in [0.5, 0.6) is 0 Å². The maximum atomic E-state index is 13.1. The van der Waals surface area contributed by atoms with Crippen molar-refractivity contribution in [3.8, 4) is 0 Å². The summed E-state index contributed by atoms with van der Waals surface area (Å²) < 4.78 is 74.8. The van der Waals surface area contributed by atoms with Crippen LogP contribution in [0.2, 0.25) is 0 Å². The number of halogens is 3. The van der Waals surface area contributed by atoms with Crippen LogP contribution in [-0.4, -0.2) is 63.6 Å². The highest BCUT2D eigenvalue weighted by Gasteiger charge is 2.36. The van der Waals surface area contributed by atoms with Crippen molar-refractivity contribution in [3.05, 3.63) is 89.1 Å². The van der Waals surface area contributed by atoms with Crippen LogP contribution in [0.15, 0.2) is 71.8 Å². The number of carbonyl (C=O) groups is 1. The summed E-state index contributed by atoms with van der Waals surface area (Å²) >= 11 is 0. The molecule has 0 bridgehead atoms. The molecule has 12 heteroatoms. The van der Waals surface area contributed by atoms with Crippen molar-refractivity contribution in [1.29, 1.82) is 0 Å². The monoisotopic (exact) mass is 617 g/mol. The molecule has 3 heterocycles. The van der Waals surface area contributed by atoms with Gasteiger partial charge in [-0.15, -0.1) is 0 Å². The van der Waals surface area contributed by atoms with Gasteiger partial charge in [0.25, 0.3) is 5.91 Å². The first-order valence-corrected chi connectivity index (χ1v) is 15.9. The van der Waals surface area contributed by atoms with Gasteiger partial charge in [-0.2, -0.15) is 13.2 Å². The number of pyridine rings is 1. The number of aromatic nitrogens is 1. The third-order valence-corrected chi connectivity index (χ3v) is 9.71. The van der Waals surface area contributed by atoms with E-state index in [2.05, 4.69) is 15.2 Å². The lowest BCUT2D eigenvalue weighted by Gasteiger charge is -2.26. The molecule has 1 unspecified atom stereocenters. The molecule has 2 aromatic carbocycles. The minimum Gasteiger partial charge on any atom is -0.379 e. The molecule has 2 aliphatic heterocycles. The predicted octanol–water partition coefficient (Wildman–Crippen LogP) is 4.99. The van der Waals surface area contributed by atoms with Crippen LogP contribution in [-0.2, 0) is 32.0 Å². The van der Waals surface area contributed by atoms with E-state index in [1.807, 2.05) is 0 Å². The van der Waals surface area contributed by atoms with E-state index in [-0.39, 0.29) is 41.2 Å². The SMILES string of the molecule is CCS(=O)(=O)c1ccc(CNC(=O)c2ccc(N3CC(c4ccc(C(F)(F)F)cc4)C[C@H]3CO[C@H]3CCOC3)nc2)cc1. The quantitative estimate of drug-likeness (QED) is 0.342. The average Bonchev–Trinajstić information content (AvgIpc) is 3.69. The molecule has 1 amide bonds. The Morgan fingerprint density at radius 2 is 1.84 bits per heavy atom. The molecule has 3 atom stereocenters. The number of anilines is 1. The van der Waals surface area contributed by atoms with Gasteiger partial charge in [0.15, 0.2) is 9.84 Å². The Balaban J connectivity index is 1.25. The van der Waals surface area contributed by atoms with E-state index in [0.29, 0.717) is 44.2 Å². The standard InChI is InChI=1S/C31H34F3N3O5S/c1-2-43(39,40)28-10-3-21(4-11-28)16-36-30(38)23-7-12-29(35-17-23)37-18-24(15-26(37)19-42-27-13-14-41-20-27)22-5-8-25(9-6-22)31(32,33)34/h3-12,17,24,26-27H,2,13-16,18-20H2,1H3,(H,36,38)/t24?,26-,27-/m0/s1. The van der Waals surface area contributed by atoms with Crippen LogP contribution in [0.25, 0.3) is 0 Å². The van der Waals surface area contributed by atoms with Crippen LogP contribution in [0.3, 0.4) is 0 Å². The second-order valence-electron chi connectivity index (χ2n) is 10.8. The Kier molecular flexibility index (Phi) is 9.38. The van der Waals surface area contributed by atoms with Crippen molar-refractivity contribution in [3.63, 3.8) is 0 Å². The van der Waals surface area contributed by atoms with E-state index < -0.39 is 21.6 Å². The molecule has 43 heavy (non-hydrogen) atoms. The lowest BCUT2D eigenvalue weighted by Crippen LogP contribution is -2.35. The first kappa shape index (κ1) is 31.0. The largest absolute Gasteiger partial charge is 0.416 e. The van der Waals surface area contributed by atoms with Gasteiger partial charge >= 0.3 is 6.18 Å². The molecule has 2 fully saturated rings. The highest BCUT2D eigenvalue weighted by Crippen LogP contribution is 2.37. The molecule has 3 aromatic rings. The number of carbonyl (C=O) groups excluding carboxylic acids is 1. The van der Waals surface area contributed by atoms with Crippen LogP contribution in [0.4, 0.5) is 19.0 Å². The molecule has 0 aliphatic carbocycles. The van der Waals surface area contributed by atoms with Crippen molar-refractivity contribution in [2.45, 2.75) is 55.4 Å². The Bertz CT molecular complexity index is 1490. The first-order chi connectivity index (χ1) is 20.5. The molecule has 2 aliphatic rings. The lowest BCUT2D eigenvalue weighted by molar-refractivity contribution is -0.137. The molecule has 1 aromatic heterocycles. The summed E-state index contributed by atoms with van der Waals surface area (Å²) in [5, 5.41) is 2.83. The number of benzene rings is 2. The van der Waals surface area contributed by atoms with Crippen molar-refractivity contribution in [2.75, 3.05) is 37.0 Å². The fourth-order valence-corrected chi connectivity index (χ4v) is 6.27. The topological polar surface area (TPSA) is 97.8 Å². The number of sulfone groups is 1. The molecule has 0 spiro atoms. The minimum absolute atomic E-state index is 0.0123. The van der Waals surface area contributed by atoms with E-state index in [9.17, 15) is 26.4 Å². The van der Waals surface area contributed by atoms with Gasteiger partial charge in [-0.3, -0.25) is 4.79 Å². The minimum atomic E-state index is -4.39. The summed E-state index contributed by atoms with van der Waals surface area (Å²) in [6.45, 7) is 3.97. The Labute approximate surface area is 249 Å². The molecular weight excluding hydrogens is 583 g/mol. The second-order valence-corrected chi connectivity index (χ2v) is 13.1. The second kappa shape index (κ2) is 13.0. The van der Waals surface area contributed by atoms with Gasteiger partial charge in [0.05, 0.1) is 47.1 Å². The van der Waals surface area contributed by atoms with Gasteiger partial charge in [-0.1, -0.05) is 31.2 Å². The van der Waals surface area contributed by atoms with E-state index in [1.165, 1.54) is 30.5 Å². The number of hydrogen-bond acceptors (Lipinski definition) is 7. The van der Waals surface area contributed by atoms with E-state index in [4.69, 9.17) is 9.47 Å². The highest BCUT2D eigenvalue weighted by atomic mass is 32.2. The summed E-state index contributed by atoms with van der Waals surface area (Å²) in [5.74, 6) is 0.325. The molecular formula is C31H34F3N3O5S. The first-order valence-electron chi connectivity index (χ1n) is 14.2. The highest BCUT2D eigenvalue weighted by molar-refractivity contribution is 7.91.